The van der Waals surface area contributed by atoms with E-state index in [4.69, 9.17) is 4.42 Å². The van der Waals surface area contributed by atoms with Crippen LogP contribution in [-0.2, 0) is 14.8 Å². The molecule has 2 aromatic rings. The van der Waals surface area contributed by atoms with E-state index in [1.807, 2.05) is 0 Å². The van der Waals surface area contributed by atoms with Crippen LogP contribution in [0.5, 0.6) is 0 Å². The van der Waals surface area contributed by atoms with Crippen molar-refractivity contribution in [2.24, 2.45) is 17.8 Å². The van der Waals surface area contributed by atoms with Gasteiger partial charge in [0.2, 0.25) is 18.2 Å². The van der Waals surface area contributed by atoms with Gasteiger partial charge in [-0.3, -0.25) is 4.79 Å². The third-order valence-corrected chi connectivity index (χ3v) is 5.73. The molecule has 0 unspecified atom stereocenters. The maximum Gasteiger partial charge on any atom is 0.264 e. The minimum Gasteiger partial charge on any atom is -0.423 e. The van der Waals surface area contributed by atoms with E-state index < -0.39 is 15.9 Å². The molecule has 2 aliphatic carbocycles. The van der Waals surface area contributed by atoms with Crippen molar-refractivity contribution in [1.29, 1.82) is 0 Å². The lowest BCUT2D eigenvalue weighted by Crippen LogP contribution is -2.32. The van der Waals surface area contributed by atoms with Gasteiger partial charge in [0, 0.05) is 11.5 Å². The van der Waals surface area contributed by atoms with Gasteiger partial charge in [-0.1, -0.05) is 6.07 Å². The minimum absolute atomic E-state index is 0.00479. The zero-order valence-electron chi connectivity index (χ0n) is 12.2. The fourth-order valence-corrected chi connectivity index (χ4v) is 4.00. The monoisotopic (exact) mass is 333 g/mol. The Bertz CT molecular complexity index is 843. The number of nitrogens with zero attached hydrogens (tertiary/aromatic N) is 2. The van der Waals surface area contributed by atoms with E-state index in [0.717, 1.165) is 19.3 Å². The number of amides is 1. The molecule has 120 valence electrons. The third-order valence-electron chi connectivity index (χ3n) is 4.39. The topological polar surface area (TPSA) is 102 Å². The number of hydrogen-bond donors (Lipinski definition) is 1. The second-order valence-corrected chi connectivity index (χ2v) is 7.77. The molecule has 23 heavy (non-hydrogen) atoms. The van der Waals surface area contributed by atoms with E-state index >= 15 is 0 Å². The molecule has 0 spiro atoms. The van der Waals surface area contributed by atoms with Crippen molar-refractivity contribution in [2.75, 3.05) is 0 Å². The standard InChI is InChI=1S/C15H15N3O4S/c19-14(13-7-12(13)9-4-5-9)18-23(20,21)11-3-1-2-10(6-11)15-17-16-8-22-15/h1-3,6,8-9,12-13H,4-5,7H2,(H,18,19)/t12-,13-/m0/s1. The minimum atomic E-state index is -3.90. The Hall–Kier alpha value is -2.22. The molecule has 2 saturated carbocycles. The molecular formula is C15H15N3O4S. The van der Waals surface area contributed by atoms with Gasteiger partial charge in [-0.15, -0.1) is 10.2 Å². The lowest BCUT2D eigenvalue weighted by molar-refractivity contribution is -0.120. The maximum absolute atomic E-state index is 12.4. The lowest BCUT2D eigenvalue weighted by atomic mass is 10.2. The average Bonchev–Trinajstić information content (AvgIpc) is 3.43. The fraction of sp³-hybridized carbons (Fsp3) is 0.400. The second kappa shape index (κ2) is 5.16. The van der Waals surface area contributed by atoms with Crippen LogP contribution in [0.3, 0.4) is 0 Å². The van der Waals surface area contributed by atoms with Crippen molar-refractivity contribution >= 4 is 15.9 Å². The highest BCUT2D eigenvalue weighted by Crippen LogP contribution is 2.54. The van der Waals surface area contributed by atoms with Gasteiger partial charge in [-0.05, 0) is 49.3 Å². The molecule has 2 atom stereocenters. The molecule has 0 radical (unpaired) electrons. The Kier molecular flexibility index (Phi) is 3.22. The van der Waals surface area contributed by atoms with Crippen LogP contribution in [0.15, 0.2) is 40.0 Å². The highest BCUT2D eigenvalue weighted by atomic mass is 32.2. The zero-order valence-corrected chi connectivity index (χ0v) is 13.0. The van der Waals surface area contributed by atoms with Crippen LogP contribution in [0.2, 0.25) is 0 Å². The van der Waals surface area contributed by atoms with Crippen molar-refractivity contribution in [3.05, 3.63) is 30.7 Å². The molecule has 8 heteroatoms. The van der Waals surface area contributed by atoms with Gasteiger partial charge in [-0.2, -0.15) is 0 Å². The van der Waals surface area contributed by atoms with Crippen molar-refractivity contribution in [3.63, 3.8) is 0 Å². The molecule has 2 aliphatic rings. The van der Waals surface area contributed by atoms with Crippen molar-refractivity contribution in [1.82, 2.24) is 14.9 Å². The third kappa shape index (κ3) is 2.86. The summed E-state index contributed by atoms with van der Waals surface area (Å²) in [5.74, 6) is 0.662. The van der Waals surface area contributed by atoms with Gasteiger partial charge in [0.05, 0.1) is 4.90 Å². The van der Waals surface area contributed by atoms with E-state index in [0.29, 0.717) is 17.4 Å². The summed E-state index contributed by atoms with van der Waals surface area (Å²) in [6.07, 6.45) is 4.29. The largest absolute Gasteiger partial charge is 0.423 e. The number of sulfonamides is 1. The number of carbonyl (C=O) groups is 1. The zero-order chi connectivity index (χ0) is 16.0. The smallest absolute Gasteiger partial charge is 0.264 e. The van der Waals surface area contributed by atoms with E-state index in [1.54, 1.807) is 12.1 Å². The Labute approximate surface area is 133 Å². The van der Waals surface area contributed by atoms with Crippen LogP contribution in [0.1, 0.15) is 19.3 Å². The normalized spacial score (nSPS) is 23.5. The number of nitrogens with one attached hydrogen (secondary N) is 1. The molecule has 1 N–H and O–H groups in total. The molecule has 0 aliphatic heterocycles. The van der Waals surface area contributed by atoms with Crippen LogP contribution in [0, 0.1) is 17.8 Å². The molecule has 1 aromatic carbocycles. The first-order valence-corrected chi connectivity index (χ1v) is 8.96. The Balaban J connectivity index is 1.52. The number of aromatic nitrogens is 2. The molecule has 7 nitrogen and oxygen atoms in total. The average molecular weight is 333 g/mol. The summed E-state index contributed by atoms with van der Waals surface area (Å²) in [4.78, 5) is 12.1. The highest BCUT2D eigenvalue weighted by molar-refractivity contribution is 7.90. The number of hydrogen-bond acceptors (Lipinski definition) is 6. The number of benzene rings is 1. The molecule has 0 saturated heterocycles. The fourth-order valence-electron chi connectivity index (χ4n) is 2.92. The Morgan fingerprint density at radius 3 is 2.83 bits per heavy atom. The number of carbonyl (C=O) groups excluding carboxylic acids is 1. The van der Waals surface area contributed by atoms with E-state index in [1.165, 1.54) is 18.5 Å². The van der Waals surface area contributed by atoms with Gasteiger partial charge in [0.25, 0.3) is 10.0 Å². The summed E-state index contributed by atoms with van der Waals surface area (Å²) in [7, 11) is -3.90. The predicted octanol–water partition coefficient (Wildman–Crippen LogP) is 1.59. The molecule has 4 rings (SSSR count). The quantitative estimate of drug-likeness (QED) is 0.891. The SMILES string of the molecule is O=C(NS(=O)(=O)c1cccc(-c2nnco2)c1)[C@H]1C[C@H]1C1CC1. The lowest BCUT2D eigenvalue weighted by Gasteiger charge is -2.07. The molecular weight excluding hydrogens is 318 g/mol. The van der Waals surface area contributed by atoms with Crippen LogP contribution < -0.4 is 4.72 Å². The highest BCUT2D eigenvalue weighted by Gasteiger charge is 2.51. The van der Waals surface area contributed by atoms with E-state index in [-0.39, 0.29) is 16.7 Å². The van der Waals surface area contributed by atoms with Gasteiger partial charge in [0.1, 0.15) is 0 Å². The summed E-state index contributed by atoms with van der Waals surface area (Å²) >= 11 is 0. The summed E-state index contributed by atoms with van der Waals surface area (Å²) in [6, 6.07) is 6.08. The predicted molar refractivity (Wildman–Crippen MR) is 79.4 cm³/mol. The Morgan fingerprint density at radius 1 is 1.30 bits per heavy atom. The van der Waals surface area contributed by atoms with Crippen molar-refractivity contribution in [3.8, 4) is 11.5 Å². The van der Waals surface area contributed by atoms with E-state index in [2.05, 4.69) is 14.9 Å². The first-order chi connectivity index (χ1) is 11.0. The first kappa shape index (κ1) is 14.4. The first-order valence-electron chi connectivity index (χ1n) is 7.48. The molecule has 1 amide bonds. The summed E-state index contributed by atoms with van der Waals surface area (Å²) in [5.41, 5.74) is 0.486. The van der Waals surface area contributed by atoms with Crippen molar-refractivity contribution in [2.45, 2.75) is 24.2 Å². The summed E-state index contributed by atoms with van der Waals surface area (Å²) < 4.78 is 32.0. The maximum atomic E-state index is 12.4. The van der Waals surface area contributed by atoms with Crippen LogP contribution in [-0.4, -0.2) is 24.5 Å². The van der Waals surface area contributed by atoms with Gasteiger partial charge in [0.15, 0.2) is 0 Å². The Morgan fingerprint density at radius 2 is 2.13 bits per heavy atom. The molecule has 2 fully saturated rings. The van der Waals surface area contributed by atoms with Gasteiger partial charge in [-0.25, -0.2) is 13.1 Å². The molecule has 1 heterocycles. The second-order valence-electron chi connectivity index (χ2n) is 6.08. The number of rotatable bonds is 5. The van der Waals surface area contributed by atoms with Gasteiger partial charge >= 0.3 is 0 Å². The van der Waals surface area contributed by atoms with E-state index in [9.17, 15) is 13.2 Å². The summed E-state index contributed by atoms with van der Waals surface area (Å²) in [6.45, 7) is 0. The molecule has 1 aromatic heterocycles. The molecule has 0 bridgehead atoms. The van der Waals surface area contributed by atoms with Gasteiger partial charge < -0.3 is 4.42 Å². The van der Waals surface area contributed by atoms with Crippen LogP contribution in [0.4, 0.5) is 0 Å². The van der Waals surface area contributed by atoms with Crippen LogP contribution in [0.25, 0.3) is 11.5 Å². The summed E-state index contributed by atoms with van der Waals surface area (Å²) in [5, 5.41) is 7.31. The van der Waals surface area contributed by atoms with Crippen LogP contribution >= 0.6 is 0 Å². The van der Waals surface area contributed by atoms with Crippen molar-refractivity contribution < 1.29 is 17.6 Å².